The number of nitrogens with zero attached hydrogens (tertiary/aromatic N) is 2. The summed E-state index contributed by atoms with van der Waals surface area (Å²) >= 11 is 1.71. The molecule has 0 saturated heterocycles. The van der Waals surface area contributed by atoms with Gasteiger partial charge in [0.25, 0.3) is 0 Å². The molecule has 1 heterocycles. The van der Waals surface area contributed by atoms with Crippen molar-refractivity contribution in [3.05, 3.63) is 10.0 Å². The molecule has 1 rings (SSSR count). The number of hydrogen-bond donors (Lipinski definition) is 1. The molecule has 0 aliphatic rings. The number of hydrogen-bond acceptors (Lipinski definition) is 4. The third-order valence-electron chi connectivity index (χ3n) is 1.86. The molecule has 0 bridgehead atoms. The molecule has 0 aromatic carbocycles. The predicted octanol–water partition coefficient (Wildman–Crippen LogP) is 2.16. The Balaban J connectivity index is 2.50. The third kappa shape index (κ3) is 3.04. The Morgan fingerprint density at radius 1 is 1.38 bits per heavy atom. The second-order valence-electron chi connectivity index (χ2n) is 3.06. The highest BCUT2D eigenvalue weighted by Gasteiger charge is 2.09. The van der Waals surface area contributed by atoms with Crippen LogP contribution in [0.5, 0.6) is 0 Å². The van der Waals surface area contributed by atoms with Crippen molar-refractivity contribution in [3.63, 3.8) is 0 Å². The first-order valence-corrected chi connectivity index (χ1v) is 5.65. The fourth-order valence-corrected chi connectivity index (χ4v) is 1.84. The zero-order chi connectivity index (χ0) is 9.68. The lowest BCUT2D eigenvalue weighted by Crippen LogP contribution is -2.18. The Hall–Kier alpha value is -0.480. The van der Waals surface area contributed by atoms with Crippen molar-refractivity contribution in [1.29, 1.82) is 0 Å². The van der Waals surface area contributed by atoms with Crippen LogP contribution in [0.15, 0.2) is 0 Å². The average molecular weight is 199 g/mol. The SMILES string of the molecule is CCCNC(C)c1nnc(CC)s1. The van der Waals surface area contributed by atoms with E-state index in [1.165, 1.54) is 0 Å². The maximum absolute atomic E-state index is 4.15. The van der Waals surface area contributed by atoms with Gasteiger partial charge in [0.05, 0.1) is 6.04 Å². The zero-order valence-corrected chi connectivity index (χ0v) is 9.32. The lowest BCUT2D eigenvalue weighted by Gasteiger charge is -2.08. The standard InChI is InChI=1S/C9H17N3S/c1-4-6-10-7(3)9-12-11-8(5-2)13-9/h7,10H,4-6H2,1-3H3. The van der Waals surface area contributed by atoms with Crippen molar-refractivity contribution >= 4 is 11.3 Å². The Bertz CT molecular complexity index is 247. The van der Waals surface area contributed by atoms with E-state index in [0.29, 0.717) is 6.04 Å². The maximum Gasteiger partial charge on any atom is 0.134 e. The summed E-state index contributed by atoms with van der Waals surface area (Å²) < 4.78 is 0. The van der Waals surface area contributed by atoms with Gasteiger partial charge in [0.1, 0.15) is 10.0 Å². The summed E-state index contributed by atoms with van der Waals surface area (Å²) in [6, 6.07) is 0.345. The maximum atomic E-state index is 4.15. The van der Waals surface area contributed by atoms with Crippen molar-refractivity contribution in [2.24, 2.45) is 0 Å². The molecule has 1 N–H and O–H groups in total. The molecule has 4 heteroatoms. The number of aryl methyl sites for hydroxylation is 1. The summed E-state index contributed by atoms with van der Waals surface area (Å²) in [5.74, 6) is 0. The van der Waals surface area contributed by atoms with Gasteiger partial charge >= 0.3 is 0 Å². The van der Waals surface area contributed by atoms with Crippen LogP contribution in [0.4, 0.5) is 0 Å². The van der Waals surface area contributed by atoms with Gasteiger partial charge in [0.15, 0.2) is 0 Å². The van der Waals surface area contributed by atoms with Gasteiger partial charge in [-0.25, -0.2) is 0 Å². The normalized spacial score (nSPS) is 13.2. The van der Waals surface area contributed by atoms with E-state index < -0.39 is 0 Å². The molecular formula is C9H17N3S. The monoisotopic (exact) mass is 199 g/mol. The van der Waals surface area contributed by atoms with Gasteiger partial charge in [-0.05, 0) is 26.3 Å². The fourth-order valence-electron chi connectivity index (χ4n) is 1.03. The van der Waals surface area contributed by atoms with Crippen LogP contribution >= 0.6 is 11.3 Å². The van der Waals surface area contributed by atoms with Gasteiger partial charge in [-0.3, -0.25) is 0 Å². The van der Waals surface area contributed by atoms with Gasteiger partial charge in [0.2, 0.25) is 0 Å². The third-order valence-corrected chi connectivity index (χ3v) is 3.11. The molecule has 1 aromatic rings. The molecule has 74 valence electrons. The van der Waals surface area contributed by atoms with Crippen molar-refractivity contribution < 1.29 is 0 Å². The Morgan fingerprint density at radius 3 is 2.69 bits per heavy atom. The summed E-state index contributed by atoms with van der Waals surface area (Å²) in [5, 5.41) is 13.9. The van der Waals surface area contributed by atoms with E-state index in [0.717, 1.165) is 29.4 Å². The van der Waals surface area contributed by atoms with Gasteiger partial charge in [-0.15, -0.1) is 10.2 Å². The van der Waals surface area contributed by atoms with Crippen LogP contribution < -0.4 is 5.32 Å². The van der Waals surface area contributed by atoms with Gasteiger partial charge in [0, 0.05) is 0 Å². The first kappa shape index (κ1) is 10.6. The molecular weight excluding hydrogens is 182 g/mol. The lowest BCUT2D eigenvalue weighted by atomic mass is 10.3. The minimum Gasteiger partial charge on any atom is -0.308 e. The molecule has 13 heavy (non-hydrogen) atoms. The smallest absolute Gasteiger partial charge is 0.134 e. The molecule has 3 nitrogen and oxygen atoms in total. The lowest BCUT2D eigenvalue weighted by molar-refractivity contribution is 0.564. The molecule has 0 aliphatic carbocycles. The van der Waals surface area contributed by atoms with E-state index in [2.05, 4.69) is 36.3 Å². The fraction of sp³-hybridized carbons (Fsp3) is 0.778. The van der Waals surface area contributed by atoms with E-state index in [1.54, 1.807) is 11.3 Å². The average Bonchev–Trinajstić information content (AvgIpc) is 2.62. The number of rotatable bonds is 5. The topological polar surface area (TPSA) is 37.8 Å². The van der Waals surface area contributed by atoms with Crippen molar-refractivity contribution in [3.8, 4) is 0 Å². The molecule has 0 spiro atoms. The molecule has 0 saturated carbocycles. The first-order chi connectivity index (χ1) is 6.27. The Morgan fingerprint density at radius 2 is 2.15 bits per heavy atom. The van der Waals surface area contributed by atoms with Crippen LogP contribution in [0.25, 0.3) is 0 Å². The highest BCUT2D eigenvalue weighted by Crippen LogP contribution is 2.17. The summed E-state index contributed by atoms with van der Waals surface area (Å²) in [5.41, 5.74) is 0. The van der Waals surface area contributed by atoms with E-state index in [1.807, 2.05) is 0 Å². The Kier molecular flexibility index (Phi) is 4.32. The first-order valence-electron chi connectivity index (χ1n) is 4.83. The summed E-state index contributed by atoms with van der Waals surface area (Å²) in [6.07, 6.45) is 2.14. The van der Waals surface area contributed by atoms with Gasteiger partial charge in [-0.2, -0.15) is 0 Å². The molecule has 1 unspecified atom stereocenters. The van der Waals surface area contributed by atoms with Crippen molar-refractivity contribution in [2.75, 3.05) is 6.54 Å². The minimum atomic E-state index is 0.345. The van der Waals surface area contributed by atoms with Crippen LogP contribution in [0.3, 0.4) is 0 Å². The highest BCUT2D eigenvalue weighted by atomic mass is 32.1. The van der Waals surface area contributed by atoms with Crippen LogP contribution in [0.2, 0.25) is 0 Å². The molecule has 1 aromatic heterocycles. The van der Waals surface area contributed by atoms with E-state index in [-0.39, 0.29) is 0 Å². The molecule has 0 fully saturated rings. The van der Waals surface area contributed by atoms with Crippen LogP contribution in [-0.4, -0.2) is 16.7 Å². The van der Waals surface area contributed by atoms with Crippen molar-refractivity contribution in [1.82, 2.24) is 15.5 Å². The van der Waals surface area contributed by atoms with Crippen LogP contribution in [0.1, 0.15) is 43.2 Å². The summed E-state index contributed by atoms with van der Waals surface area (Å²) in [4.78, 5) is 0. The van der Waals surface area contributed by atoms with Crippen LogP contribution in [0, 0.1) is 0 Å². The Labute approximate surface area is 83.6 Å². The molecule has 0 aliphatic heterocycles. The largest absolute Gasteiger partial charge is 0.308 e. The minimum absolute atomic E-state index is 0.345. The summed E-state index contributed by atoms with van der Waals surface area (Å²) in [7, 11) is 0. The van der Waals surface area contributed by atoms with Crippen molar-refractivity contribution in [2.45, 2.75) is 39.7 Å². The van der Waals surface area contributed by atoms with Crippen LogP contribution in [-0.2, 0) is 6.42 Å². The second kappa shape index (κ2) is 5.29. The van der Waals surface area contributed by atoms with E-state index >= 15 is 0 Å². The number of nitrogens with one attached hydrogen (secondary N) is 1. The van der Waals surface area contributed by atoms with Gasteiger partial charge in [-0.1, -0.05) is 25.2 Å². The molecule has 0 radical (unpaired) electrons. The number of aromatic nitrogens is 2. The molecule has 1 atom stereocenters. The molecule has 0 amide bonds. The van der Waals surface area contributed by atoms with Gasteiger partial charge < -0.3 is 5.32 Å². The summed E-state index contributed by atoms with van der Waals surface area (Å²) in [6.45, 7) is 7.45. The van der Waals surface area contributed by atoms with E-state index in [4.69, 9.17) is 0 Å². The quantitative estimate of drug-likeness (QED) is 0.789. The highest BCUT2D eigenvalue weighted by molar-refractivity contribution is 7.11. The van der Waals surface area contributed by atoms with E-state index in [9.17, 15) is 0 Å². The zero-order valence-electron chi connectivity index (χ0n) is 8.50. The second-order valence-corrected chi connectivity index (χ2v) is 4.16. The predicted molar refractivity (Wildman–Crippen MR) is 56.0 cm³/mol.